The third-order valence-corrected chi connectivity index (χ3v) is 4.60. The van der Waals surface area contributed by atoms with Crippen LogP contribution in [0.5, 0.6) is 0 Å². The van der Waals surface area contributed by atoms with Gasteiger partial charge in [-0.2, -0.15) is 0 Å². The van der Waals surface area contributed by atoms with Gasteiger partial charge in [-0.3, -0.25) is 0 Å². The van der Waals surface area contributed by atoms with E-state index in [2.05, 4.69) is 49.9 Å². The Kier molecular flexibility index (Phi) is 2.30. The van der Waals surface area contributed by atoms with Crippen LogP contribution in [0.2, 0.25) is 0 Å². The summed E-state index contributed by atoms with van der Waals surface area (Å²) in [6.45, 7) is 8.23. The summed E-state index contributed by atoms with van der Waals surface area (Å²) < 4.78 is 0. The molecule has 1 aliphatic heterocycles. The summed E-state index contributed by atoms with van der Waals surface area (Å²) in [5, 5.41) is 0. The molecule has 1 heterocycles. The van der Waals surface area contributed by atoms with E-state index in [0.717, 1.165) is 0 Å². The second-order valence-electron chi connectivity index (χ2n) is 6.76. The van der Waals surface area contributed by atoms with Gasteiger partial charge in [0.2, 0.25) is 0 Å². The molecule has 17 heavy (non-hydrogen) atoms. The Bertz CT molecular complexity index is 421. The van der Waals surface area contributed by atoms with Crippen LogP contribution in [0, 0.1) is 0 Å². The van der Waals surface area contributed by atoms with E-state index in [1.165, 1.54) is 37.9 Å². The zero-order valence-electron chi connectivity index (χ0n) is 11.3. The average molecular weight is 229 g/mol. The van der Waals surface area contributed by atoms with E-state index < -0.39 is 0 Å². The summed E-state index contributed by atoms with van der Waals surface area (Å²) in [6, 6.07) is 9.08. The van der Waals surface area contributed by atoms with E-state index in [9.17, 15) is 0 Å². The SMILES string of the molecule is CC(C)(C)N1CC2(CCCC2)c2ccccc21. The lowest BCUT2D eigenvalue weighted by molar-refractivity contribution is 0.418. The van der Waals surface area contributed by atoms with Crippen LogP contribution >= 0.6 is 0 Å². The first-order chi connectivity index (χ1) is 8.03. The van der Waals surface area contributed by atoms with E-state index in [1.807, 2.05) is 0 Å². The van der Waals surface area contributed by atoms with Crippen molar-refractivity contribution in [3.05, 3.63) is 29.8 Å². The molecule has 0 unspecified atom stereocenters. The van der Waals surface area contributed by atoms with E-state index in [1.54, 1.807) is 5.56 Å². The van der Waals surface area contributed by atoms with Gasteiger partial charge in [0, 0.05) is 23.2 Å². The van der Waals surface area contributed by atoms with Gasteiger partial charge < -0.3 is 4.90 Å². The highest BCUT2D eigenvalue weighted by atomic mass is 15.2. The molecule has 1 spiro atoms. The summed E-state index contributed by atoms with van der Waals surface area (Å²) in [5.74, 6) is 0. The number of hydrogen-bond donors (Lipinski definition) is 0. The van der Waals surface area contributed by atoms with Crippen LogP contribution in [0.25, 0.3) is 0 Å². The summed E-state index contributed by atoms with van der Waals surface area (Å²) in [4.78, 5) is 2.62. The van der Waals surface area contributed by atoms with Gasteiger partial charge in [-0.1, -0.05) is 31.0 Å². The minimum absolute atomic E-state index is 0.238. The van der Waals surface area contributed by atoms with E-state index in [0.29, 0.717) is 5.41 Å². The normalized spacial score (nSPS) is 22.2. The van der Waals surface area contributed by atoms with Gasteiger partial charge in [-0.25, -0.2) is 0 Å². The first-order valence-electron chi connectivity index (χ1n) is 6.90. The van der Waals surface area contributed by atoms with Crippen molar-refractivity contribution in [1.82, 2.24) is 0 Å². The number of hydrogen-bond acceptors (Lipinski definition) is 1. The number of fused-ring (bicyclic) bond motifs is 2. The van der Waals surface area contributed by atoms with E-state index in [-0.39, 0.29) is 5.54 Å². The maximum atomic E-state index is 2.62. The predicted molar refractivity (Wildman–Crippen MR) is 73.7 cm³/mol. The third-order valence-electron chi connectivity index (χ3n) is 4.60. The van der Waals surface area contributed by atoms with Gasteiger partial charge in [-0.05, 0) is 45.2 Å². The number of rotatable bonds is 0. The molecule has 0 aromatic heterocycles. The van der Waals surface area contributed by atoms with Crippen molar-refractivity contribution < 1.29 is 0 Å². The Hall–Kier alpha value is -0.980. The van der Waals surface area contributed by atoms with Gasteiger partial charge in [0.1, 0.15) is 0 Å². The van der Waals surface area contributed by atoms with Gasteiger partial charge >= 0.3 is 0 Å². The zero-order valence-corrected chi connectivity index (χ0v) is 11.3. The van der Waals surface area contributed by atoms with Crippen molar-refractivity contribution in [2.45, 2.75) is 57.4 Å². The van der Waals surface area contributed by atoms with Crippen LogP contribution < -0.4 is 4.90 Å². The molecule has 1 heteroatoms. The van der Waals surface area contributed by atoms with Crippen LogP contribution in [0.3, 0.4) is 0 Å². The molecule has 1 nitrogen and oxygen atoms in total. The van der Waals surface area contributed by atoms with E-state index >= 15 is 0 Å². The number of nitrogens with zero attached hydrogens (tertiary/aromatic N) is 1. The Balaban J connectivity index is 2.10. The molecule has 1 aromatic carbocycles. The van der Waals surface area contributed by atoms with Gasteiger partial charge in [0.25, 0.3) is 0 Å². The maximum Gasteiger partial charge on any atom is 0.0409 e. The second-order valence-corrected chi connectivity index (χ2v) is 6.76. The molecular weight excluding hydrogens is 206 g/mol. The van der Waals surface area contributed by atoms with Crippen LogP contribution in [0.4, 0.5) is 5.69 Å². The minimum atomic E-state index is 0.238. The first kappa shape index (κ1) is 11.1. The lowest BCUT2D eigenvalue weighted by Gasteiger charge is -2.36. The molecule has 0 radical (unpaired) electrons. The standard InChI is InChI=1S/C16H23N/c1-15(2,3)17-12-16(10-6-7-11-16)13-8-4-5-9-14(13)17/h4-5,8-9H,6-7,10-12H2,1-3H3. The molecule has 0 N–H and O–H groups in total. The quantitative estimate of drug-likeness (QED) is 0.647. The molecule has 92 valence electrons. The molecule has 0 saturated heterocycles. The molecule has 2 aliphatic rings. The van der Waals surface area contributed by atoms with Crippen molar-refractivity contribution in [3.8, 4) is 0 Å². The highest BCUT2D eigenvalue weighted by Gasteiger charge is 2.46. The zero-order chi connectivity index (χ0) is 12.1. The smallest absolute Gasteiger partial charge is 0.0409 e. The lowest BCUT2D eigenvalue weighted by Crippen LogP contribution is -2.43. The van der Waals surface area contributed by atoms with E-state index in [4.69, 9.17) is 0 Å². The monoisotopic (exact) mass is 229 g/mol. The first-order valence-corrected chi connectivity index (χ1v) is 6.90. The molecule has 3 rings (SSSR count). The second kappa shape index (κ2) is 3.51. The van der Waals surface area contributed by atoms with Crippen LogP contribution in [0.15, 0.2) is 24.3 Å². The molecule has 1 aromatic rings. The molecule has 0 amide bonds. The lowest BCUT2D eigenvalue weighted by atomic mass is 9.81. The van der Waals surface area contributed by atoms with Crippen LogP contribution in [-0.2, 0) is 5.41 Å². The fourth-order valence-corrected chi connectivity index (χ4v) is 3.71. The van der Waals surface area contributed by atoms with Crippen molar-refractivity contribution in [3.63, 3.8) is 0 Å². The summed E-state index contributed by atoms with van der Waals surface area (Å²) >= 11 is 0. The average Bonchev–Trinajstić information content (AvgIpc) is 2.86. The fraction of sp³-hybridized carbons (Fsp3) is 0.625. The Morgan fingerprint density at radius 1 is 1.06 bits per heavy atom. The van der Waals surface area contributed by atoms with Gasteiger partial charge in [0.15, 0.2) is 0 Å². The van der Waals surface area contributed by atoms with Crippen molar-refractivity contribution in [1.29, 1.82) is 0 Å². The summed E-state index contributed by atoms with van der Waals surface area (Å²) in [6.07, 6.45) is 5.59. The van der Waals surface area contributed by atoms with Gasteiger partial charge in [-0.15, -0.1) is 0 Å². The Morgan fingerprint density at radius 3 is 2.35 bits per heavy atom. The number of benzene rings is 1. The van der Waals surface area contributed by atoms with Crippen LogP contribution in [0.1, 0.15) is 52.0 Å². The molecule has 1 saturated carbocycles. The Morgan fingerprint density at radius 2 is 1.71 bits per heavy atom. The summed E-state index contributed by atoms with van der Waals surface area (Å²) in [7, 11) is 0. The molecule has 0 bridgehead atoms. The van der Waals surface area contributed by atoms with Crippen molar-refractivity contribution >= 4 is 5.69 Å². The predicted octanol–water partition coefficient (Wildman–Crippen LogP) is 4.12. The molecule has 1 fully saturated rings. The number of anilines is 1. The molecule has 1 aliphatic carbocycles. The maximum absolute atomic E-state index is 2.62. The van der Waals surface area contributed by atoms with Crippen LogP contribution in [-0.4, -0.2) is 12.1 Å². The van der Waals surface area contributed by atoms with Gasteiger partial charge in [0.05, 0.1) is 0 Å². The molecular formula is C16H23N. The fourth-order valence-electron chi connectivity index (χ4n) is 3.71. The highest BCUT2D eigenvalue weighted by Crippen LogP contribution is 2.51. The third kappa shape index (κ3) is 1.59. The topological polar surface area (TPSA) is 3.24 Å². The minimum Gasteiger partial charge on any atom is -0.366 e. The van der Waals surface area contributed by atoms with Crippen molar-refractivity contribution in [2.75, 3.05) is 11.4 Å². The number of para-hydroxylation sites is 1. The summed E-state index contributed by atoms with van der Waals surface area (Å²) in [5.41, 5.74) is 3.82. The highest BCUT2D eigenvalue weighted by molar-refractivity contribution is 5.64. The molecule has 0 atom stereocenters. The Labute approximate surface area is 105 Å². The van der Waals surface area contributed by atoms with Crippen molar-refractivity contribution in [2.24, 2.45) is 0 Å². The largest absolute Gasteiger partial charge is 0.366 e.